The van der Waals surface area contributed by atoms with E-state index in [-0.39, 0.29) is 174 Å². The van der Waals surface area contributed by atoms with Gasteiger partial charge < -0.3 is 81.5 Å². The van der Waals surface area contributed by atoms with Crippen LogP contribution in [0.5, 0.6) is 17.2 Å². The highest BCUT2D eigenvalue weighted by Gasteiger charge is 2.51. The minimum absolute atomic E-state index is 0.000990. The van der Waals surface area contributed by atoms with Gasteiger partial charge in [0.25, 0.3) is 11.8 Å². The first kappa shape index (κ1) is 92.8. The van der Waals surface area contributed by atoms with Crippen molar-refractivity contribution in [2.24, 2.45) is 59.0 Å². The third-order valence-electron chi connectivity index (χ3n) is 22.4. The van der Waals surface area contributed by atoms with E-state index in [9.17, 15) is 102 Å². The number of ether oxygens (including phenoxy) is 5. The monoisotopic (exact) mass is 1610 g/mol. The Labute approximate surface area is 667 Å². The second-order valence-corrected chi connectivity index (χ2v) is 31.6. The standard InChI is InChI=1S/C82H113N7O26/c1-10-44(6)73(88-66(99)20-18-57(92)46(8)86-80(108)48(31-42(2)3)34-58(93)51-13-11-14-52(51)60(95)40-84-65(98)23-25-112-27-29-114-30-28-113-26-24-89-67(100)21-22-68(89)101)59(94)36-54(43(4)5)81(109)85-39-49(91)33-47(17-19-64(83)97)79(107)87-56-35-50(32-45(7)74(56)102)115-62-38-82(110,63(96)41-90)37-55-70(62)78(106)72-71(76(55)104)75(103)53-15-12-16-61(111-9)69(53)77(72)105/h12,15-16,21-22,42-48,50-52,54,56,62,73-74,90,102,104,106,110H,10-11,13-14,17-20,23-41H2,1-9H3,(H2,83,97)(H,84,98)(H,85,109)(H,86,108)(H,87,107)(H,88,99)/t44?,45-,46?,47?,48?,50-,51?,52?,54?,56+,62?,73?,74-,82+/m1/s1. The molecule has 1 aliphatic heterocycles. The average molecular weight is 1610 g/mol. The molecule has 33 nitrogen and oxygen atoms in total. The van der Waals surface area contributed by atoms with Crippen molar-refractivity contribution in [3.63, 3.8) is 0 Å². The van der Waals surface area contributed by atoms with E-state index in [1.807, 2.05) is 13.8 Å². The Morgan fingerprint density at radius 1 is 0.687 bits per heavy atom. The van der Waals surface area contributed by atoms with Crippen molar-refractivity contribution in [3.05, 3.63) is 63.7 Å². The van der Waals surface area contributed by atoms with Gasteiger partial charge in [0.05, 0.1) is 120 Å². The second-order valence-electron chi connectivity index (χ2n) is 31.6. The van der Waals surface area contributed by atoms with Crippen LogP contribution in [0.1, 0.15) is 207 Å². The van der Waals surface area contributed by atoms with Crippen molar-refractivity contribution in [3.8, 4) is 17.2 Å². The Hall–Kier alpha value is -9.38. The van der Waals surface area contributed by atoms with Gasteiger partial charge >= 0.3 is 0 Å². The predicted molar refractivity (Wildman–Crippen MR) is 409 cm³/mol. The number of carbonyl (C=O) groups is 16. The lowest BCUT2D eigenvalue weighted by Gasteiger charge is -2.43. The first-order chi connectivity index (χ1) is 54.4. The van der Waals surface area contributed by atoms with Crippen molar-refractivity contribution in [2.45, 2.75) is 207 Å². The number of Topliss-reactive ketones (excluding diaryl/α,β-unsaturated/α-hetero) is 6. The number of aromatic hydroxyl groups is 2. The molecule has 0 radical (unpaired) electrons. The molecule has 4 aliphatic carbocycles. The molecule has 0 aromatic heterocycles. The lowest BCUT2D eigenvalue weighted by atomic mass is 9.71. The second kappa shape index (κ2) is 43.0. The predicted octanol–water partition coefficient (Wildman–Crippen LogP) is 2.48. The number of phenolic OH excluding ortho intramolecular Hbond substituents is 2. The largest absolute Gasteiger partial charge is 0.507 e. The molecular formula is C82H113N7O26. The SMILES string of the molecule is CCC(C)C(NC(=O)CCC(=O)C(C)NC(=O)C(CC(=O)C1CCCC1C(=O)CNC(=O)CCOCCOCCOCCN1C(=O)C=CC1=O)CC(C)C)C(=O)CC(C(=O)NCC(=O)CC(CCC(N)=O)C(=O)N[C@H]1C[C@H](OC2C[C@](O)(C(=O)CO)Cc3c(O)c4c(c(O)c32)C(=O)c2c(OC)cccc2C4=O)C[C@@H](C)[C@H]1O)C(C)C. The average Bonchev–Trinajstić information content (AvgIpc) is 0.784. The highest BCUT2D eigenvalue weighted by atomic mass is 16.5. The van der Waals surface area contributed by atoms with E-state index in [1.165, 1.54) is 44.4 Å². The summed E-state index contributed by atoms with van der Waals surface area (Å²) in [6.45, 7) is 12.9. The zero-order chi connectivity index (χ0) is 84.9. The molecule has 0 spiro atoms. The Balaban J connectivity index is 0.870. The number of hydrogen-bond donors (Lipinski definition) is 11. The molecule has 0 saturated heterocycles. The molecule has 33 heteroatoms. The van der Waals surface area contributed by atoms with Gasteiger partial charge in [0, 0.05) is 116 Å². The summed E-state index contributed by atoms with van der Waals surface area (Å²) in [6, 6.07) is 0.853. The quantitative estimate of drug-likeness (QED) is 0.0220. The number of aliphatic hydroxyl groups is 3. The zero-order valence-corrected chi connectivity index (χ0v) is 67.0. The van der Waals surface area contributed by atoms with Crippen LogP contribution in [0.15, 0.2) is 30.4 Å². The number of fused-ring (bicyclic) bond motifs is 3. The Bertz CT molecular complexity index is 3990. The molecule has 0 bridgehead atoms. The van der Waals surface area contributed by atoms with E-state index in [1.54, 1.807) is 34.6 Å². The number of imide groups is 1. The number of benzene rings is 2. The maximum atomic E-state index is 14.3. The molecule has 632 valence electrons. The number of methoxy groups -OCH3 is 1. The highest BCUT2D eigenvalue weighted by Crippen LogP contribution is 2.53. The fraction of sp³-hybridized carbons (Fsp3) is 0.634. The summed E-state index contributed by atoms with van der Waals surface area (Å²) < 4.78 is 28.2. The normalized spacial score (nSPS) is 21.9. The number of rotatable bonds is 48. The first-order valence-electron chi connectivity index (χ1n) is 39.6. The minimum Gasteiger partial charge on any atom is -0.507 e. The smallest absolute Gasteiger partial charge is 0.253 e. The van der Waals surface area contributed by atoms with Crippen LogP contribution >= 0.6 is 0 Å². The highest BCUT2D eigenvalue weighted by molar-refractivity contribution is 6.31. The molecule has 1 heterocycles. The number of nitrogens with one attached hydrogen (secondary N) is 5. The molecule has 14 atom stereocenters. The Morgan fingerprint density at radius 2 is 1.33 bits per heavy atom. The molecule has 5 aliphatic rings. The van der Waals surface area contributed by atoms with Gasteiger partial charge in [-0.3, -0.25) is 81.6 Å². The van der Waals surface area contributed by atoms with Gasteiger partial charge in [-0.15, -0.1) is 0 Å². The van der Waals surface area contributed by atoms with Crippen LogP contribution in [0, 0.1) is 53.3 Å². The third-order valence-corrected chi connectivity index (χ3v) is 22.4. The van der Waals surface area contributed by atoms with Gasteiger partial charge in [0.15, 0.2) is 34.7 Å². The molecule has 2 aromatic carbocycles. The van der Waals surface area contributed by atoms with E-state index in [2.05, 4.69) is 26.6 Å². The van der Waals surface area contributed by atoms with Crippen LogP contribution in [0.25, 0.3) is 0 Å². The molecular weight excluding hydrogens is 1500 g/mol. The molecule has 7 rings (SSSR count). The van der Waals surface area contributed by atoms with Gasteiger partial charge in [-0.2, -0.15) is 0 Å². The molecule has 9 unspecified atom stereocenters. The Kier molecular flexibility index (Phi) is 34.7. The van der Waals surface area contributed by atoms with E-state index >= 15 is 0 Å². The molecule has 12 N–H and O–H groups in total. The van der Waals surface area contributed by atoms with Gasteiger partial charge in [0.2, 0.25) is 41.2 Å². The number of nitrogens with zero attached hydrogens (tertiary/aromatic N) is 1. The number of carbonyl (C=O) groups excluding carboxylic acids is 16. The minimum atomic E-state index is -2.44. The van der Waals surface area contributed by atoms with Crippen LogP contribution in [-0.2, 0) is 92.5 Å². The van der Waals surface area contributed by atoms with Crippen LogP contribution in [0.2, 0.25) is 0 Å². The summed E-state index contributed by atoms with van der Waals surface area (Å²) in [5, 5.41) is 70.7. The first-order valence-corrected chi connectivity index (χ1v) is 39.6. The zero-order valence-electron chi connectivity index (χ0n) is 67.0. The summed E-state index contributed by atoms with van der Waals surface area (Å²) in [5.74, 6) is -17.7. The van der Waals surface area contributed by atoms with Crippen molar-refractivity contribution >= 4 is 93.5 Å². The number of amides is 8. The van der Waals surface area contributed by atoms with Gasteiger partial charge in [-0.25, -0.2) is 0 Å². The number of hydrogen-bond acceptors (Lipinski definition) is 26. The number of phenols is 2. The lowest BCUT2D eigenvalue weighted by molar-refractivity contribution is -0.152. The summed E-state index contributed by atoms with van der Waals surface area (Å²) in [4.78, 5) is 215. The van der Waals surface area contributed by atoms with Crippen LogP contribution in [-0.4, -0.2) is 233 Å². The van der Waals surface area contributed by atoms with Crippen molar-refractivity contribution in [1.82, 2.24) is 31.5 Å². The number of ketones is 8. The fourth-order valence-corrected chi connectivity index (χ4v) is 15.7. The summed E-state index contributed by atoms with van der Waals surface area (Å²) >= 11 is 0. The fourth-order valence-electron chi connectivity index (χ4n) is 15.7. The van der Waals surface area contributed by atoms with E-state index in [0.29, 0.717) is 25.7 Å². The topological polar surface area (TPSA) is 510 Å². The number of aliphatic hydroxyl groups excluding tert-OH is 2. The summed E-state index contributed by atoms with van der Waals surface area (Å²) in [5.41, 5.74) is 0.992. The van der Waals surface area contributed by atoms with Crippen molar-refractivity contribution in [1.29, 1.82) is 0 Å². The maximum absolute atomic E-state index is 14.3. The van der Waals surface area contributed by atoms with E-state index < -0.39 is 215 Å². The number of primary amides is 1. The van der Waals surface area contributed by atoms with Crippen molar-refractivity contribution in [2.75, 3.05) is 73.0 Å². The van der Waals surface area contributed by atoms with Gasteiger partial charge in [0.1, 0.15) is 35.2 Å². The number of nitrogens with two attached hydrogens (primary N) is 1. The Morgan fingerprint density at radius 3 is 1.96 bits per heavy atom. The molecule has 2 fully saturated rings. The maximum Gasteiger partial charge on any atom is 0.253 e. The van der Waals surface area contributed by atoms with E-state index in [0.717, 1.165) is 4.90 Å². The van der Waals surface area contributed by atoms with Gasteiger partial charge in [-0.05, 0) is 75.2 Å². The third kappa shape index (κ3) is 24.6. The lowest BCUT2D eigenvalue weighted by Crippen LogP contribution is -2.54. The summed E-state index contributed by atoms with van der Waals surface area (Å²) in [7, 11) is 1.27. The van der Waals surface area contributed by atoms with Crippen LogP contribution in [0.3, 0.4) is 0 Å². The molecule has 2 aromatic rings. The van der Waals surface area contributed by atoms with Crippen LogP contribution < -0.4 is 37.1 Å². The van der Waals surface area contributed by atoms with Gasteiger partial charge in [-0.1, -0.05) is 73.4 Å². The van der Waals surface area contributed by atoms with Crippen LogP contribution in [0.4, 0.5) is 0 Å². The summed E-state index contributed by atoms with van der Waals surface area (Å²) in [6.07, 6.45) is -3.24. The van der Waals surface area contributed by atoms with E-state index in [4.69, 9.17) is 29.4 Å². The van der Waals surface area contributed by atoms with Crippen molar-refractivity contribution < 1.29 is 126 Å². The molecule has 115 heavy (non-hydrogen) atoms. The molecule has 8 amide bonds. The molecule has 2 saturated carbocycles.